The quantitative estimate of drug-likeness (QED) is 0.586. The second-order valence-electron chi connectivity index (χ2n) is 3.78. The zero-order valence-corrected chi connectivity index (χ0v) is 10.7. The summed E-state index contributed by atoms with van der Waals surface area (Å²) in [5.74, 6) is 0. The first-order chi connectivity index (χ1) is 7.97. The van der Waals surface area contributed by atoms with Crippen LogP contribution in [0.5, 0.6) is 0 Å². The van der Waals surface area contributed by atoms with Gasteiger partial charge in [-0.1, -0.05) is 30.3 Å². The second kappa shape index (κ2) is 6.70. The van der Waals surface area contributed by atoms with Crippen molar-refractivity contribution < 1.29 is 17.4 Å². The summed E-state index contributed by atoms with van der Waals surface area (Å²) in [6, 6.07) is 9.47. The molecule has 96 valence electrons. The fraction of sp³-hybridized carbons (Fsp3) is 0.455. The first-order valence-corrected chi connectivity index (χ1v) is 7.04. The minimum atomic E-state index is -3.39. The highest BCUT2D eigenvalue weighted by Crippen LogP contribution is 1.99. The Balaban J connectivity index is 2.18. The van der Waals surface area contributed by atoms with Gasteiger partial charge in [-0.3, -0.25) is 9.02 Å². The zero-order chi connectivity index (χ0) is 12.7. The molecule has 0 aromatic heterocycles. The Bertz CT molecular complexity index is 418. The zero-order valence-electron chi connectivity index (χ0n) is 9.92. The van der Waals surface area contributed by atoms with Gasteiger partial charge < -0.3 is 0 Å². The molecule has 1 atom stereocenters. The third-order valence-electron chi connectivity index (χ3n) is 1.90. The van der Waals surface area contributed by atoms with Crippen LogP contribution in [0.2, 0.25) is 0 Å². The molecule has 0 aliphatic carbocycles. The maximum absolute atomic E-state index is 10.7. The van der Waals surface area contributed by atoms with Gasteiger partial charge in [-0.05, 0) is 12.5 Å². The summed E-state index contributed by atoms with van der Waals surface area (Å²) < 4.78 is 26.1. The third-order valence-corrected chi connectivity index (χ3v) is 2.46. The Hall–Kier alpha value is -0.950. The Morgan fingerprint density at radius 2 is 1.94 bits per heavy atom. The molecular weight excluding hydrogens is 242 g/mol. The minimum absolute atomic E-state index is 0.0492. The number of rotatable bonds is 7. The number of benzene rings is 1. The predicted octanol–water partition coefficient (Wildman–Crippen LogP) is 1.07. The van der Waals surface area contributed by atoms with Crippen molar-refractivity contribution in [1.29, 1.82) is 0 Å². The molecule has 0 fully saturated rings. The first kappa shape index (κ1) is 14.1. The molecule has 17 heavy (non-hydrogen) atoms. The van der Waals surface area contributed by atoms with Crippen LogP contribution in [0.15, 0.2) is 30.3 Å². The number of hydrogen-bond acceptors (Lipinski definition) is 5. The van der Waals surface area contributed by atoms with Crippen LogP contribution >= 0.6 is 0 Å². The van der Waals surface area contributed by atoms with Crippen molar-refractivity contribution in [2.75, 3.05) is 12.9 Å². The van der Waals surface area contributed by atoms with Gasteiger partial charge in [0.2, 0.25) is 0 Å². The highest BCUT2D eigenvalue weighted by atomic mass is 32.2. The molecule has 0 heterocycles. The van der Waals surface area contributed by atoms with E-state index in [1.54, 1.807) is 6.92 Å². The lowest BCUT2D eigenvalue weighted by Gasteiger charge is -2.13. The van der Waals surface area contributed by atoms with Crippen molar-refractivity contribution in [2.45, 2.75) is 19.6 Å². The van der Waals surface area contributed by atoms with Gasteiger partial charge in [-0.15, -0.1) is 0 Å². The molecule has 0 amide bonds. The van der Waals surface area contributed by atoms with Crippen molar-refractivity contribution in [1.82, 2.24) is 5.48 Å². The molecule has 1 N–H and O–H groups in total. The smallest absolute Gasteiger partial charge is 0.264 e. The summed E-state index contributed by atoms with van der Waals surface area (Å²) in [4.78, 5) is 5.22. The van der Waals surface area contributed by atoms with E-state index >= 15 is 0 Å². The van der Waals surface area contributed by atoms with Gasteiger partial charge in [-0.25, -0.2) is 0 Å². The van der Waals surface area contributed by atoms with Gasteiger partial charge in [0, 0.05) is 0 Å². The van der Waals surface area contributed by atoms with Crippen molar-refractivity contribution in [3.05, 3.63) is 35.9 Å². The fourth-order valence-corrected chi connectivity index (χ4v) is 1.55. The van der Waals surface area contributed by atoms with E-state index < -0.39 is 10.1 Å². The molecule has 1 rings (SSSR count). The molecule has 0 bridgehead atoms. The van der Waals surface area contributed by atoms with E-state index in [-0.39, 0.29) is 12.6 Å². The summed E-state index contributed by atoms with van der Waals surface area (Å²) in [6.45, 7) is 2.24. The summed E-state index contributed by atoms with van der Waals surface area (Å²) >= 11 is 0. The molecule has 0 saturated carbocycles. The second-order valence-corrected chi connectivity index (χ2v) is 5.43. The van der Waals surface area contributed by atoms with Crippen LogP contribution in [0.3, 0.4) is 0 Å². The van der Waals surface area contributed by atoms with Gasteiger partial charge in [-0.2, -0.15) is 13.9 Å². The SMILES string of the molecule is C[C@@H](COS(C)(=O)=O)NOCc1ccccc1. The standard InChI is InChI=1S/C11H17NO4S/c1-10(8-16-17(2,13)14)12-15-9-11-6-4-3-5-7-11/h3-7,10,12H,8-9H2,1-2H3/t10-/m0/s1. The molecule has 0 saturated heterocycles. The highest BCUT2D eigenvalue weighted by molar-refractivity contribution is 7.85. The molecule has 1 aromatic rings. The summed E-state index contributed by atoms with van der Waals surface area (Å²) in [6.07, 6.45) is 1.02. The molecule has 5 nitrogen and oxygen atoms in total. The van der Waals surface area contributed by atoms with E-state index in [0.717, 1.165) is 11.8 Å². The third kappa shape index (κ3) is 7.06. The van der Waals surface area contributed by atoms with Crippen LogP contribution < -0.4 is 5.48 Å². The van der Waals surface area contributed by atoms with Crippen LogP contribution in [0.1, 0.15) is 12.5 Å². The van der Waals surface area contributed by atoms with Crippen LogP contribution in [0.25, 0.3) is 0 Å². The van der Waals surface area contributed by atoms with Gasteiger partial charge in [0.1, 0.15) is 0 Å². The lowest BCUT2D eigenvalue weighted by Crippen LogP contribution is -2.31. The van der Waals surface area contributed by atoms with Crippen LogP contribution in [0.4, 0.5) is 0 Å². The average molecular weight is 259 g/mol. The topological polar surface area (TPSA) is 64.6 Å². The van der Waals surface area contributed by atoms with E-state index in [0.29, 0.717) is 6.61 Å². The molecule has 0 unspecified atom stereocenters. The Morgan fingerprint density at radius 3 is 2.53 bits per heavy atom. The lowest BCUT2D eigenvalue weighted by molar-refractivity contribution is -0.00169. The van der Waals surface area contributed by atoms with Gasteiger partial charge in [0.05, 0.1) is 25.5 Å². The molecule has 6 heteroatoms. The predicted molar refractivity (Wildman–Crippen MR) is 64.6 cm³/mol. The fourth-order valence-electron chi connectivity index (χ4n) is 1.10. The largest absolute Gasteiger partial charge is 0.297 e. The molecule has 0 aliphatic heterocycles. The van der Waals surface area contributed by atoms with Gasteiger partial charge >= 0.3 is 0 Å². The molecule has 1 aromatic carbocycles. The summed E-state index contributed by atoms with van der Waals surface area (Å²) in [7, 11) is -3.39. The monoisotopic (exact) mass is 259 g/mol. The number of hydroxylamine groups is 1. The maximum Gasteiger partial charge on any atom is 0.264 e. The summed E-state index contributed by atoms with van der Waals surface area (Å²) in [5, 5.41) is 0. The van der Waals surface area contributed by atoms with E-state index in [1.165, 1.54) is 0 Å². The highest BCUT2D eigenvalue weighted by Gasteiger charge is 2.07. The maximum atomic E-state index is 10.7. The van der Waals surface area contributed by atoms with Crippen LogP contribution in [0, 0.1) is 0 Å². The van der Waals surface area contributed by atoms with Crippen molar-refractivity contribution in [3.63, 3.8) is 0 Å². The lowest BCUT2D eigenvalue weighted by atomic mass is 10.2. The Morgan fingerprint density at radius 1 is 1.29 bits per heavy atom. The van der Waals surface area contributed by atoms with E-state index in [9.17, 15) is 8.42 Å². The summed E-state index contributed by atoms with van der Waals surface area (Å²) in [5.41, 5.74) is 3.75. The van der Waals surface area contributed by atoms with Crippen molar-refractivity contribution in [2.24, 2.45) is 0 Å². The van der Waals surface area contributed by atoms with E-state index in [2.05, 4.69) is 9.66 Å². The molecule has 0 spiro atoms. The van der Waals surface area contributed by atoms with Crippen LogP contribution in [-0.2, 0) is 25.7 Å². The number of nitrogens with one attached hydrogen (secondary N) is 1. The normalized spacial score (nSPS) is 13.5. The van der Waals surface area contributed by atoms with E-state index in [4.69, 9.17) is 4.84 Å². The van der Waals surface area contributed by atoms with Crippen molar-refractivity contribution >= 4 is 10.1 Å². The van der Waals surface area contributed by atoms with Crippen molar-refractivity contribution in [3.8, 4) is 0 Å². The average Bonchev–Trinajstić information content (AvgIpc) is 2.27. The van der Waals surface area contributed by atoms with Gasteiger partial charge in [0.25, 0.3) is 10.1 Å². The van der Waals surface area contributed by atoms with Gasteiger partial charge in [0.15, 0.2) is 0 Å². The Labute approximate surface area is 102 Å². The molecular formula is C11H17NO4S. The number of hydrogen-bond donors (Lipinski definition) is 1. The molecule has 0 radical (unpaired) electrons. The molecule has 0 aliphatic rings. The Kier molecular flexibility index (Phi) is 5.57. The van der Waals surface area contributed by atoms with E-state index in [1.807, 2.05) is 30.3 Å². The minimum Gasteiger partial charge on any atom is -0.297 e. The van der Waals surface area contributed by atoms with Crippen LogP contribution in [-0.4, -0.2) is 27.3 Å². The first-order valence-electron chi connectivity index (χ1n) is 5.23.